The van der Waals surface area contributed by atoms with E-state index in [9.17, 15) is 10.0 Å². The highest BCUT2D eigenvalue weighted by Crippen LogP contribution is 2.33. The van der Waals surface area contributed by atoms with E-state index in [1.165, 1.54) is 5.56 Å². The average Bonchev–Trinajstić information content (AvgIpc) is 2.45. The van der Waals surface area contributed by atoms with Gasteiger partial charge in [0.25, 0.3) is 5.91 Å². The fourth-order valence-corrected chi connectivity index (χ4v) is 2.86. The fourth-order valence-electron chi connectivity index (χ4n) is 2.86. The Morgan fingerprint density at radius 2 is 2.05 bits per heavy atom. The lowest BCUT2D eigenvalue weighted by Crippen LogP contribution is -2.47. The number of hydrogen-bond acceptors (Lipinski definition) is 4. The molecule has 0 unspecified atom stereocenters. The van der Waals surface area contributed by atoms with Crippen molar-refractivity contribution in [3.63, 3.8) is 0 Å². The SMILES string of the molecule is N[C@H]1Cc2cc(C3CCOCC3)ccc2N(O)C1=O. The number of ether oxygens (including phenoxy) is 1. The highest BCUT2D eigenvalue weighted by Gasteiger charge is 2.30. The lowest BCUT2D eigenvalue weighted by Gasteiger charge is -2.29. The number of anilines is 1. The molecule has 3 N–H and O–H groups in total. The summed E-state index contributed by atoms with van der Waals surface area (Å²) in [7, 11) is 0. The monoisotopic (exact) mass is 262 g/mol. The Labute approximate surface area is 111 Å². The first-order valence-corrected chi connectivity index (χ1v) is 6.66. The molecule has 0 bridgehead atoms. The average molecular weight is 262 g/mol. The van der Waals surface area contributed by atoms with E-state index >= 15 is 0 Å². The van der Waals surface area contributed by atoms with Crippen LogP contribution in [-0.4, -0.2) is 30.4 Å². The van der Waals surface area contributed by atoms with Crippen LogP contribution >= 0.6 is 0 Å². The molecule has 1 aromatic carbocycles. The Morgan fingerprint density at radius 1 is 1.32 bits per heavy atom. The number of carbonyl (C=O) groups excluding carboxylic acids is 1. The second-order valence-corrected chi connectivity index (χ2v) is 5.24. The van der Waals surface area contributed by atoms with Crippen molar-refractivity contribution >= 4 is 11.6 Å². The first-order valence-electron chi connectivity index (χ1n) is 6.66. The summed E-state index contributed by atoms with van der Waals surface area (Å²) >= 11 is 0. The highest BCUT2D eigenvalue weighted by atomic mass is 16.5. The number of hydroxylamine groups is 1. The van der Waals surface area contributed by atoms with Crippen LogP contribution in [0.3, 0.4) is 0 Å². The molecule has 5 heteroatoms. The van der Waals surface area contributed by atoms with Crippen LogP contribution in [0.15, 0.2) is 18.2 Å². The minimum Gasteiger partial charge on any atom is -0.381 e. The number of rotatable bonds is 1. The summed E-state index contributed by atoms with van der Waals surface area (Å²) in [6.07, 6.45) is 2.53. The topological polar surface area (TPSA) is 75.8 Å². The summed E-state index contributed by atoms with van der Waals surface area (Å²) in [5.41, 5.74) is 8.49. The zero-order valence-corrected chi connectivity index (χ0v) is 10.7. The third-order valence-electron chi connectivity index (χ3n) is 3.99. The van der Waals surface area contributed by atoms with Gasteiger partial charge in [0.15, 0.2) is 0 Å². The van der Waals surface area contributed by atoms with Crippen LogP contribution in [0.4, 0.5) is 5.69 Å². The van der Waals surface area contributed by atoms with Crippen LogP contribution in [-0.2, 0) is 16.0 Å². The number of fused-ring (bicyclic) bond motifs is 1. The molecule has 0 aromatic heterocycles. The van der Waals surface area contributed by atoms with Crippen molar-refractivity contribution in [1.82, 2.24) is 0 Å². The molecule has 2 heterocycles. The van der Waals surface area contributed by atoms with Crippen molar-refractivity contribution in [2.75, 3.05) is 18.3 Å². The lowest BCUT2D eigenvalue weighted by atomic mass is 9.88. The van der Waals surface area contributed by atoms with Crippen LogP contribution in [0.1, 0.15) is 29.9 Å². The molecule has 1 aromatic rings. The van der Waals surface area contributed by atoms with E-state index in [0.29, 0.717) is 23.1 Å². The number of carbonyl (C=O) groups is 1. The summed E-state index contributed by atoms with van der Waals surface area (Å²) in [4.78, 5) is 11.6. The zero-order chi connectivity index (χ0) is 13.4. The largest absolute Gasteiger partial charge is 0.381 e. The Hall–Kier alpha value is -1.43. The van der Waals surface area contributed by atoms with Crippen molar-refractivity contribution in [3.05, 3.63) is 29.3 Å². The van der Waals surface area contributed by atoms with Gasteiger partial charge in [-0.25, -0.2) is 0 Å². The molecule has 0 spiro atoms. The van der Waals surface area contributed by atoms with E-state index in [2.05, 4.69) is 6.07 Å². The first kappa shape index (κ1) is 12.6. The van der Waals surface area contributed by atoms with Gasteiger partial charge in [0.1, 0.15) is 0 Å². The molecule has 0 radical (unpaired) electrons. The highest BCUT2D eigenvalue weighted by molar-refractivity contribution is 5.98. The van der Waals surface area contributed by atoms with E-state index in [1.54, 1.807) is 0 Å². The summed E-state index contributed by atoms with van der Waals surface area (Å²) < 4.78 is 5.37. The molecule has 1 fully saturated rings. The molecular formula is C14H18N2O3. The van der Waals surface area contributed by atoms with Crippen LogP contribution < -0.4 is 10.8 Å². The molecule has 3 rings (SSSR count). The molecule has 1 amide bonds. The molecule has 5 nitrogen and oxygen atoms in total. The maximum Gasteiger partial charge on any atom is 0.267 e. The maximum absolute atomic E-state index is 11.6. The number of hydrogen-bond donors (Lipinski definition) is 2. The Balaban J connectivity index is 1.91. The molecule has 19 heavy (non-hydrogen) atoms. The number of benzene rings is 1. The van der Waals surface area contributed by atoms with E-state index in [4.69, 9.17) is 10.5 Å². The fraction of sp³-hybridized carbons (Fsp3) is 0.500. The number of amides is 1. The number of nitrogens with zero attached hydrogens (tertiary/aromatic N) is 1. The predicted molar refractivity (Wildman–Crippen MR) is 70.2 cm³/mol. The molecule has 2 aliphatic rings. The van der Waals surface area contributed by atoms with Gasteiger partial charge in [-0.15, -0.1) is 0 Å². The third kappa shape index (κ3) is 2.25. The van der Waals surface area contributed by atoms with Gasteiger partial charge in [0.05, 0.1) is 11.7 Å². The van der Waals surface area contributed by atoms with Crippen LogP contribution in [0.25, 0.3) is 0 Å². The van der Waals surface area contributed by atoms with Gasteiger partial charge in [-0.1, -0.05) is 12.1 Å². The minimum absolute atomic E-state index is 0.439. The van der Waals surface area contributed by atoms with Crippen molar-refractivity contribution in [3.8, 4) is 0 Å². The Kier molecular flexibility index (Phi) is 3.26. The van der Waals surface area contributed by atoms with Crippen molar-refractivity contribution in [2.24, 2.45) is 5.73 Å². The summed E-state index contributed by atoms with van der Waals surface area (Å²) in [5.74, 6) is 0.0614. The lowest BCUT2D eigenvalue weighted by molar-refractivity contribution is -0.125. The minimum atomic E-state index is -0.651. The maximum atomic E-state index is 11.6. The van der Waals surface area contributed by atoms with Gasteiger partial charge in [-0.3, -0.25) is 10.0 Å². The van der Waals surface area contributed by atoms with Crippen LogP contribution in [0, 0.1) is 0 Å². The van der Waals surface area contributed by atoms with Gasteiger partial charge < -0.3 is 10.5 Å². The van der Waals surface area contributed by atoms with E-state index in [0.717, 1.165) is 31.6 Å². The van der Waals surface area contributed by atoms with E-state index in [1.807, 2.05) is 12.1 Å². The van der Waals surface area contributed by atoms with Gasteiger partial charge in [-0.05, 0) is 42.4 Å². The molecule has 102 valence electrons. The second kappa shape index (κ2) is 4.92. The van der Waals surface area contributed by atoms with Crippen molar-refractivity contribution < 1.29 is 14.7 Å². The van der Waals surface area contributed by atoms with Crippen molar-refractivity contribution in [1.29, 1.82) is 0 Å². The smallest absolute Gasteiger partial charge is 0.267 e. The predicted octanol–water partition coefficient (Wildman–Crippen LogP) is 1.19. The summed E-state index contributed by atoms with van der Waals surface area (Å²) in [5, 5.41) is 10.5. The molecule has 1 saturated heterocycles. The zero-order valence-electron chi connectivity index (χ0n) is 10.7. The van der Waals surface area contributed by atoms with Crippen molar-refractivity contribution in [2.45, 2.75) is 31.2 Å². The molecule has 0 saturated carbocycles. The van der Waals surface area contributed by atoms with Gasteiger partial charge in [0, 0.05) is 13.2 Å². The third-order valence-corrected chi connectivity index (χ3v) is 3.99. The summed E-state index contributed by atoms with van der Waals surface area (Å²) in [6, 6.07) is 5.22. The van der Waals surface area contributed by atoms with Gasteiger partial charge >= 0.3 is 0 Å². The summed E-state index contributed by atoms with van der Waals surface area (Å²) in [6.45, 7) is 1.59. The Bertz CT molecular complexity index is 497. The van der Waals surface area contributed by atoms with Crippen LogP contribution in [0.2, 0.25) is 0 Å². The molecular weight excluding hydrogens is 244 g/mol. The standard InChI is InChI=1S/C14H18N2O3/c15-12-8-11-7-10(9-3-5-19-6-4-9)1-2-13(11)16(18)14(12)17/h1-2,7,9,12,18H,3-6,8,15H2/t12-/m0/s1. The first-order chi connectivity index (χ1) is 9.16. The Morgan fingerprint density at radius 3 is 2.79 bits per heavy atom. The second-order valence-electron chi connectivity index (χ2n) is 5.24. The quantitative estimate of drug-likeness (QED) is 0.745. The molecule has 0 aliphatic carbocycles. The van der Waals surface area contributed by atoms with Crippen LogP contribution in [0.5, 0.6) is 0 Å². The van der Waals surface area contributed by atoms with E-state index < -0.39 is 11.9 Å². The molecule has 1 atom stereocenters. The van der Waals surface area contributed by atoms with E-state index in [-0.39, 0.29) is 0 Å². The number of nitrogens with two attached hydrogens (primary N) is 1. The van der Waals surface area contributed by atoms with Gasteiger partial charge in [0.2, 0.25) is 0 Å². The van der Waals surface area contributed by atoms with Gasteiger partial charge in [-0.2, -0.15) is 5.06 Å². The normalized spacial score (nSPS) is 24.4. The molecule has 2 aliphatic heterocycles.